The van der Waals surface area contributed by atoms with Crippen LogP contribution in [0.5, 0.6) is 0 Å². The van der Waals surface area contributed by atoms with Crippen molar-refractivity contribution in [3.63, 3.8) is 0 Å². The molecule has 6 heteroatoms. The maximum atomic E-state index is 6.54. The summed E-state index contributed by atoms with van der Waals surface area (Å²) in [6.07, 6.45) is 4.26. The Balaban J connectivity index is 1.34. The molecule has 2 unspecified atom stereocenters. The van der Waals surface area contributed by atoms with Crippen LogP contribution in [0.3, 0.4) is 0 Å². The highest BCUT2D eigenvalue weighted by molar-refractivity contribution is 5.00. The molecule has 134 valence electrons. The Kier molecular flexibility index (Phi) is 5.20. The Morgan fingerprint density at radius 3 is 2.75 bits per heavy atom. The largest absolute Gasteiger partial charge is 0.468 e. The summed E-state index contributed by atoms with van der Waals surface area (Å²) in [5, 5.41) is 0. The summed E-state index contributed by atoms with van der Waals surface area (Å²) in [7, 11) is 0. The van der Waals surface area contributed by atoms with Gasteiger partial charge < -0.3 is 18.6 Å². The number of morpholine rings is 1. The van der Waals surface area contributed by atoms with Crippen LogP contribution in [0, 0.1) is 0 Å². The fourth-order valence-electron chi connectivity index (χ4n) is 4.06. The van der Waals surface area contributed by atoms with Crippen molar-refractivity contribution in [2.45, 2.75) is 31.1 Å². The van der Waals surface area contributed by atoms with E-state index in [1.807, 2.05) is 12.1 Å². The first-order valence-corrected chi connectivity index (χ1v) is 9.12. The highest BCUT2D eigenvalue weighted by Crippen LogP contribution is 2.34. The maximum absolute atomic E-state index is 6.54. The first-order valence-electron chi connectivity index (χ1n) is 9.12. The van der Waals surface area contributed by atoms with Crippen molar-refractivity contribution in [1.29, 1.82) is 0 Å². The van der Waals surface area contributed by atoms with E-state index in [1.165, 1.54) is 0 Å². The molecule has 4 rings (SSSR count). The van der Waals surface area contributed by atoms with E-state index in [-0.39, 0.29) is 5.60 Å². The van der Waals surface area contributed by atoms with E-state index in [9.17, 15) is 0 Å². The summed E-state index contributed by atoms with van der Waals surface area (Å²) < 4.78 is 23.4. The smallest absolute Gasteiger partial charge is 0.117 e. The van der Waals surface area contributed by atoms with Crippen LogP contribution in [0.4, 0.5) is 0 Å². The number of nitrogens with zero attached hydrogens (tertiary/aromatic N) is 2. The number of furan rings is 1. The molecular weight excluding hydrogens is 308 g/mol. The Morgan fingerprint density at radius 1 is 1.08 bits per heavy atom. The first-order chi connectivity index (χ1) is 11.8. The quantitative estimate of drug-likeness (QED) is 0.827. The normalized spacial score (nSPS) is 33.1. The van der Waals surface area contributed by atoms with E-state index >= 15 is 0 Å². The van der Waals surface area contributed by atoms with Crippen molar-refractivity contribution in [3.8, 4) is 0 Å². The summed E-state index contributed by atoms with van der Waals surface area (Å²) >= 11 is 0. The van der Waals surface area contributed by atoms with Gasteiger partial charge in [-0.1, -0.05) is 0 Å². The van der Waals surface area contributed by atoms with Crippen LogP contribution < -0.4 is 0 Å². The Bertz CT molecular complexity index is 503. The molecule has 4 heterocycles. The summed E-state index contributed by atoms with van der Waals surface area (Å²) in [6.45, 7) is 8.91. The van der Waals surface area contributed by atoms with Crippen molar-refractivity contribution < 1.29 is 18.6 Å². The van der Waals surface area contributed by atoms with E-state index in [1.54, 1.807) is 6.26 Å². The van der Waals surface area contributed by atoms with Gasteiger partial charge in [-0.25, -0.2) is 0 Å². The number of rotatable bonds is 4. The van der Waals surface area contributed by atoms with Gasteiger partial charge >= 0.3 is 0 Å². The fourth-order valence-corrected chi connectivity index (χ4v) is 4.06. The van der Waals surface area contributed by atoms with Gasteiger partial charge in [-0.05, 0) is 25.0 Å². The lowest BCUT2D eigenvalue weighted by Crippen LogP contribution is -2.46. The maximum Gasteiger partial charge on any atom is 0.117 e. The summed E-state index contributed by atoms with van der Waals surface area (Å²) in [5.74, 6) is 1.01. The highest BCUT2D eigenvalue weighted by Gasteiger charge is 2.43. The van der Waals surface area contributed by atoms with Gasteiger partial charge in [0.1, 0.15) is 11.4 Å². The van der Waals surface area contributed by atoms with Crippen molar-refractivity contribution in [2.24, 2.45) is 0 Å². The molecule has 0 bridgehead atoms. The van der Waals surface area contributed by atoms with Gasteiger partial charge in [0.2, 0.25) is 0 Å². The third-order valence-corrected chi connectivity index (χ3v) is 5.29. The molecule has 2 atom stereocenters. The zero-order valence-electron chi connectivity index (χ0n) is 14.3. The predicted molar refractivity (Wildman–Crippen MR) is 88.9 cm³/mol. The molecule has 3 aliphatic rings. The van der Waals surface area contributed by atoms with Gasteiger partial charge in [0, 0.05) is 32.7 Å². The number of ether oxygens (including phenoxy) is 3. The lowest BCUT2D eigenvalue weighted by atomic mass is 10.00. The van der Waals surface area contributed by atoms with Crippen LogP contribution in [0.15, 0.2) is 22.8 Å². The minimum absolute atomic E-state index is 0.153. The zero-order valence-corrected chi connectivity index (χ0v) is 14.3. The molecule has 0 amide bonds. The Hall–Kier alpha value is -0.920. The summed E-state index contributed by atoms with van der Waals surface area (Å²) in [6, 6.07) is 3.99. The topological polar surface area (TPSA) is 47.3 Å². The molecule has 1 aromatic heterocycles. The first kappa shape index (κ1) is 16.5. The molecule has 3 saturated heterocycles. The molecule has 0 N–H and O–H groups in total. The molecule has 0 aliphatic carbocycles. The summed E-state index contributed by atoms with van der Waals surface area (Å²) in [5.41, 5.74) is -0.153. The van der Waals surface area contributed by atoms with Crippen molar-refractivity contribution in [2.75, 3.05) is 59.2 Å². The second kappa shape index (κ2) is 7.54. The van der Waals surface area contributed by atoms with Crippen LogP contribution in [0.25, 0.3) is 0 Å². The van der Waals surface area contributed by atoms with Gasteiger partial charge in [0.05, 0.1) is 45.3 Å². The number of hydrogen-bond donors (Lipinski definition) is 0. The third-order valence-electron chi connectivity index (χ3n) is 5.29. The molecule has 0 radical (unpaired) electrons. The monoisotopic (exact) mass is 336 g/mol. The molecule has 6 nitrogen and oxygen atoms in total. The van der Waals surface area contributed by atoms with E-state index in [0.717, 1.165) is 77.7 Å². The zero-order chi connectivity index (χ0) is 16.2. The minimum atomic E-state index is -0.153. The van der Waals surface area contributed by atoms with Crippen LogP contribution >= 0.6 is 0 Å². The van der Waals surface area contributed by atoms with Gasteiger partial charge in [0.15, 0.2) is 0 Å². The SMILES string of the molecule is c1coc(CN2CCOCC3(CCC(CN4CCOCC4)O3)C2)c1. The van der Waals surface area contributed by atoms with E-state index in [2.05, 4.69) is 9.80 Å². The number of hydrogen-bond acceptors (Lipinski definition) is 6. The molecule has 0 saturated carbocycles. The Labute approximate surface area is 143 Å². The molecule has 3 aliphatic heterocycles. The second-order valence-electron chi connectivity index (χ2n) is 7.22. The molecular formula is C18H28N2O4. The fraction of sp³-hybridized carbons (Fsp3) is 0.778. The summed E-state index contributed by atoms with van der Waals surface area (Å²) in [4.78, 5) is 4.87. The van der Waals surface area contributed by atoms with Gasteiger partial charge in [-0.15, -0.1) is 0 Å². The third kappa shape index (κ3) is 4.00. The van der Waals surface area contributed by atoms with Crippen LogP contribution in [0.1, 0.15) is 18.6 Å². The van der Waals surface area contributed by atoms with Crippen molar-refractivity contribution in [3.05, 3.63) is 24.2 Å². The van der Waals surface area contributed by atoms with Gasteiger partial charge in [0.25, 0.3) is 0 Å². The van der Waals surface area contributed by atoms with Crippen molar-refractivity contribution in [1.82, 2.24) is 9.80 Å². The predicted octanol–water partition coefficient (Wildman–Crippen LogP) is 1.36. The average Bonchev–Trinajstić information content (AvgIpc) is 3.18. The van der Waals surface area contributed by atoms with E-state index < -0.39 is 0 Å². The standard InChI is InChI=1S/C18H28N2O4/c1-2-16(23-8-1)12-20-7-11-22-15-18(14-20)4-3-17(24-18)13-19-5-9-21-10-6-19/h1-2,8,17H,3-7,9-15H2. The highest BCUT2D eigenvalue weighted by atomic mass is 16.6. The molecule has 0 aromatic carbocycles. The van der Waals surface area contributed by atoms with Crippen molar-refractivity contribution >= 4 is 0 Å². The Morgan fingerprint density at radius 2 is 1.92 bits per heavy atom. The van der Waals surface area contributed by atoms with Crippen LogP contribution in [0.2, 0.25) is 0 Å². The minimum Gasteiger partial charge on any atom is -0.468 e. The lowest BCUT2D eigenvalue weighted by Gasteiger charge is -2.33. The van der Waals surface area contributed by atoms with E-state index in [0.29, 0.717) is 12.7 Å². The molecule has 1 spiro atoms. The van der Waals surface area contributed by atoms with Gasteiger partial charge in [-0.3, -0.25) is 9.80 Å². The van der Waals surface area contributed by atoms with Gasteiger partial charge in [-0.2, -0.15) is 0 Å². The molecule has 1 aromatic rings. The van der Waals surface area contributed by atoms with Crippen LogP contribution in [-0.2, 0) is 20.8 Å². The van der Waals surface area contributed by atoms with E-state index in [4.69, 9.17) is 18.6 Å². The molecule has 24 heavy (non-hydrogen) atoms. The second-order valence-corrected chi connectivity index (χ2v) is 7.22. The molecule has 3 fully saturated rings. The van der Waals surface area contributed by atoms with Crippen LogP contribution in [-0.4, -0.2) is 80.7 Å². The lowest BCUT2D eigenvalue weighted by molar-refractivity contribution is -0.0969. The average molecular weight is 336 g/mol.